The molecule has 1 rings (SSSR count). The standard InChI is InChI=1S/C20H34N6O7/c1-9(2)5-14(20(32)33)25-19(31)16(11(4)28)26-17(29)13(6-12-7-22-8-23-12)24-18(30)15(21)10(3)27/h7-11,13-16,27-28H,5-6,21H2,1-4H3,(H,22,23)(H,24,30)(H,25,31)(H,26,29)(H,32,33). The van der Waals surface area contributed by atoms with Gasteiger partial charge in [0.05, 0.1) is 18.5 Å². The molecule has 1 aromatic rings. The van der Waals surface area contributed by atoms with E-state index in [2.05, 4.69) is 25.9 Å². The second-order valence-electron chi connectivity index (χ2n) is 8.36. The molecule has 1 heterocycles. The van der Waals surface area contributed by atoms with Gasteiger partial charge in [-0.05, 0) is 26.2 Å². The Hall–Kier alpha value is -3.03. The number of amides is 3. The Balaban J connectivity index is 3.02. The fourth-order valence-electron chi connectivity index (χ4n) is 2.93. The number of carbonyl (C=O) groups excluding carboxylic acids is 3. The summed E-state index contributed by atoms with van der Waals surface area (Å²) in [5.74, 6) is -3.79. The van der Waals surface area contributed by atoms with Gasteiger partial charge in [-0.1, -0.05) is 13.8 Å². The first-order valence-corrected chi connectivity index (χ1v) is 10.6. The minimum Gasteiger partial charge on any atom is -0.480 e. The minimum absolute atomic E-state index is 0.0295. The summed E-state index contributed by atoms with van der Waals surface area (Å²) >= 11 is 0. The third-order valence-electron chi connectivity index (χ3n) is 4.82. The van der Waals surface area contributed by atoms with Crippen molar-refractivity contribution in [3.05, 3.63) is 18.2 Å². The summed E-state index contributed by atoms with van der Waals surface area (Å²) in [5.41, 5.74) is 6.12. The zero-order valence-corrected chi connectivity index (χ0v) is 19.1. The van der Waals surface area contributed by atoms with E-state index in [0.717, 1.165) is 0 Å². The molecule has 0 aliphatic rings. The molecule has 0 spiro atoms. The first kappa shape index (κ1) is 28.0. The van der Waals surface area contributed by atoms with E-state index in [0.29, 0.717) is 5.69 Å². The molecule has 33 heavy (non-hydrogen) atoms. The van der Waals surface area contributed by atoms with Gasteiger partial charge in [0.1, 0.15) is 24.2 Å². The highest BCUT2D eigenvalue weighted by Gasteiger charge is 2.33. The number of aliphatic carboxylic acids is 1. The van der Waals surface area contributed by atoms with E-state index in [4.69, 9.17) is 5.73 Å². The lowest BCUT2D eigenvalue weighted by Crippen LogP contribution is -2.60. The van der Waals surface area contributed by atoms with Crippen molar-refractivity contribution in [3.8, 4) is 0 Å². The van der Waals surface area contributed by atoms with E-state index in [9.17, 15) is 34.5 Å². The third kappa shape index (κ3) is 9.16. The van der Waals surface area contributed by atoms with Crippen LogP contribution < -0.4 is 21.7 Å². The van der Waals surface area contributed by atoms with Crippen molar-refractivity contribution in [3.63, 3.8) is 0 Å². The number of carbonyl (C=O) groups is 4. The largest absolute Gasteiger partial charge is 0.480 e. The molecule has 0 bridgehead atoms. The number of nitrogens with two attached hydrogens (primary N) is 1. The molecule has 0 saturated heterocycles. The summed E-state index contributed by atoms with van der Waals surface area (Å²) in [5, 5.41) is 36.0. The van der Waals surface area contributed by atoms with Crippen LogP contribution >= 0.6 is 0 Å². The first-order valence-electron chi connectivity index (χ1n) is 10.6. The van der Waals surface area contributed by atoms with Gasteiger partial charge in [0.25, 0.3) is 0 Å². The fraction of sp³-hybridized carbons (Fsp3) is 0.650. The summed E-state index contributed by atoms with van der Waals surface area (Å²) in [6.45, 7) is 6.15. The zero-order valence-electron chi connectivity index (χ0n) is 19.1. The van der Waals surface area contributed by atoms with Gasteiger partial charge in [0.15, 0.2) is 0 Å². The first-order chi connectivity index (χ1) is 15.3. The van der Waals surface area contributed by atoms with Gasteiger partial charge < -0.3 is 42.0 Å². The van der Waals surface area contributed by atoms with Crippen molar-refractivity contribution in [1.82, 2.24) is 25.9 Å². The van der Waals surface area contributed by atoms with Crippen LogP contribution in [0.3, 0.4) is 0 Å². The smallest absolute Gasteiger partial charge is 0.326 e. The average molecular weight is 471 g/mol. The van der Waals surface area contributed by atoms with Crippen molar-refractivity contribution in [2.45, 2.75) is 76.9 Å². The van der Waals surface area contributed by atoms with Crippen LogP contribution in [-0.2, 0) is 25.6 Å². The topological polar surface area (TPSA) is 220 Å². The number of imidazole rings is 1. The van der Waals surface area contributed by atoms with Crippen molar-refractivity contribution < 1.29 is 34.5 Å². The second-order valence-corrected chi connectivity index (χ2v) is 8.36. The maximum absolute atomic E-state index is 12.9. The van der Waals surface area contributed by atoms with Crippen molar-refractivity contribution in [2.24, 2.45) is 11.7 Å². The van der Waals surface area contributed by atoms with Crippen LogP contribution in [0.5, 0.6) is 0 Å². The fourth-order valence-corrected chi connectivity index (χ4v) is 2.93. The van der Waals surface area contributed by atoms with Crippen LogP contribution in [0.25, 0.3) is 0 Å². The SMILES string of the molecule is CC(C)CC(NC(=O)C(NC(=O)C(Cc1cnc[nH]1)NC(=O)C(N)C(C)O)C(C)O)C(=O)O. The van der Waals surface area contributed by atoms with Gasteiger partial charge in [0.2, 0.25) is 17.7 Å². The lowest BCUT2D eigenvalue weighted by Gasteiger charge is -2.27. The highest BCUT2D eigenvalue weighted by atomic mass is 16.4. The molecule has 0 saturated carbocycles. The number of rotatable bonds is 13. The van der Waals surface area contributed by atoms with E-state index in [1.54, 1.807) is 13.8 Å². The van der Waals surface area contributed by atoms with Gasteiger partial charge in [0, 0.05) is 18.3 Å². The zero-order chi connectivity index (χ0) is 25.3. The number of aliphatic hydroxyl groups is 2. The quantitative estimate of drug-likeness (QED) is 0.154. The summed E-state index contributed by atoms with van der Waals surface area (Å²) in [6, 6.07) is -5.23. The van der Waals surface area contributed by atoms with Gasteiger partial charge in [-0.15, -0.1) is 0 Å². The second kappa shape index (κ2) is 12.9. The van der Waals surface area contributed by atoms with E-state index < -0.39 is 60.1 Å². The predicted molar refractivity (Wildman–Crippen MR) is 117 cm³/mol. The number of hydrogen-bond acceptors (Lipinski definition) is 8. The monoisotopic (exact) mass is 470 g/mol. The van der Waals surface area contributed by atoms with E-state index in [1.807, 2.05) is 0 Å². The Morgan fingerprint density at radius 1 is 0.970 bits per heavy atom. The van der Waals surface area contributed by atoms with Gasteiger partial charge >= 0.3 is 5.97 Å². The maximum Gasteiger partial charge on any atom is 0.326 e. The number of nitrogens with zero attached hydrogens (tertiary/aromatic N) is 1. The Morgan fingerprint density at radius 3 is 2.03 bits per heavy atom. The molecule has 3 amide bonds. The summed E-state index contributed by atoms with van der Waals surface area (Å²) < 4.78 is 0. The predicted octanol–water partition coefficient (Wildman–Crippen LogP) is -2.37. The molecule has 186 valence electrons. The molecule has 0 fully saturated rings. The average Bonchev–Trinajstić information content (AvgIpc) is 3.22. The third-order valence-corrected chi connectivity index (χ3v) is 4.82. The summed E-state index contributed by atoms with van der Waals surface area (Å²) in [7, 11) is 0. The Morgan fingerprint density at radius 2 is 1.58 bits per heavy atom. The molecule has 0 aromatic carbocycles. The number of nitrogens with one attached hydrogen (secondary N) is 4. The molecule has 1 aromatic heterocycles. The van der Waals surface area contributed by atoms with Gasteiger partial charge in [-0.3, -0.25) is 14.4 Å². The Kier molecular flexibility index (Phi) is 10.9. The highest BCUT2D eigenvalue weighted by molar-refractivity contribution is 5.94. The lowest BCUT2D eigenvalue weighted by molar-refractivity contribution is -0.143. The molecule has 0 radical (unpaired) electrons. The summed E-state index contributed by atoms with van der Waals surface area (Å²) in [6.07, 6.45) is 0.362. The molecule has 13 heteroatoms. The van der Waals surface area contributed by atoms with Crippen molar-refractivity contribution >= 4 is 23.7 Å². The summed E-state index contributed by atoms with van der Waals surface area (Å²) in [4.78, 5) is 56.0. The van der Waals surface area contributed by atoms with Crippen LogP contribution in [0.1, 0.15) is 39.8 Å². The number of hydrogen-bond donors (Lipinski definition) is 8. The molecule has 0 aliphatic carbocycles. The van der Waals surface area contributed by atoms with Crippen LogP contribution in [0.15, 0.2) is 12.5 Å². The molecular formula is C20H34N6O7. The number of H-pyrrole nitrogens is 1. The maximum atomic E-state index is 12.9. The Labute approximate surface area is 191 Å². The number of aromatic amines is 1. The molecule has 13 nitrogen and oxygen atoms in total. The van der Waals surface area contributed by atoms with Crippen LogP contribution in [-0.4, -0.2) is 85.4 Å². The van der Waals surface area contributed by atoms with Crippen LogP contribution in [0.2, 0.25) is 0 Å². The van der Waals surface area contributed by atoms with E-state index >= 15 is 0 Å². The highest BCUT2D eigenvalue weighted by Crippen LogP contribution is 2.07. The Bertz CT molecular complexity index is 797. The number of carboxylic acids is 1. The molecular weight excluding hydrogens is 436 g/mol. The van der Waals surface area contributed by atoms with Crippen molar-refractivity contribution in [1.29, 1.82) is 0 Å². The van der Waals surface area contributed by atoms with Crippen molar-refractivity contribution in [2.75, 3.05) is 0 Å². The van der Waals surface area contributed by atoms with E-state index in [-0.39, 0.29) is 18.8 Å². The molecule has 9 N–H and O–H groups in total. The molecule has 0 aliphatic heterocycles. The number of aliphatic hydroxyl groups excluding tert-OH is 2. The minimum atomic E-state index is -1.49. The van der Waals surface area contributed by atoms with Gasteiger partial charge in [-0.2, -0.15) is 0 Å². The van der Waals surface area contributed by atoms with Crippen LogP contribution in [0, 0.1) is 5.92 Å². The molecule has 6 atom stereocenters. The van der Waals surface area contributed by atoms with E-state index in [1.165, 1.54) is 26.4 Å². The number of aromatic nitrogens is 2. The molecule has 6 unspecified atom stereocenters. The van der Waals surface area contributed by atoms with Gasteiger partial charge in [-0.25, -0.2) is 9.78 Å². The lowest BCUT2D eigenvalue weighted by atomic mass is 10.0. The van der Waals surface area contributed by atoms with Crippen LogP contribution in [0.4, 0.5) is 0 Å². The number of carboxylic acid groups (broad SMARTS) is 1. The normalized spacial score (nSPS) is 16.7.